The minimum absolute atomic E-state index is 0.0886. The molecule has 1 heterocycles. The van der Waals surface area contributed by atoms with Crippen molar-refractivity contribution in [1.82, 2.24) is 15.4 Å². The molecule has 7 nitrogen and oxygen atoms in total. The minimum atomic E-state index is -3.49. The molecule has 0 aromatic carbocycles. The number of guanidine groups is 1. The van der Waals surface area contributed by atoms with Gasteiger partial charge in [-0.1, -0.05) is 19.3 Å². The van der Waals surface area contributed by atoms with Crippen LogP contribution in [0.15, 0.2) is 16.0 Å². The Bertz CT molecular complexity index is 763. The standard InChI is InChI=1S/C20H36N4O3S2/c1-4-21-19(23-15-20(10-13-25)8-6-5-7-9-20)22-11-12-24-29(26,27)18-14-16(2)28-17(18)3/h14,24-25H,4-13,15H2,1-3H3,(H2,21,22,23). The molecule has 2 rings (SSSR count). The first-order chi connectivity index (χ1) is 13.8. The third-order valence-corrected chi connectivity index (χ3v) is 8.15. The van der Waals surface area contributed by atoms with Crippen molar-refractivity contribution in [1.29, 1.82) is 0 Å². The lowest BCUT2D eigenvalue weighted by Crippen LogP contribution is -2.42. The highest BCUT2D eigenvalue weighted by Gasteiger charge is 2.31. The Morgan fingerprint density at radius 1 is 1.21 bits per heavy atom. The van der Waals surface area contributed by atoms with E-state index in [1.807, 2.05) is 20.8 Å². The van der Waals surface area contributed by atoms with Crippen LogP contribution >= 0.6 is 11.3 Å². The molecule has 1 aromatic rings. The summed E-state index contributed by atoms with van der Waals surface area (Å²) >= 11 is 1.49. The van der Waals surface area contributed by atoms with E-state index in [0.717, 1.165) is 35.6 Å². The van der Waals surface area contributed by atoms with Crippen LogP contribution in [-0.4, -0.2) is 52.3 Å². The van der Waals surface area contributed by atoms with Crippen LogP contribution in [0.1, 0.15) is 55.2 Å². The molecule has 166 valence electrons. The number of hydrogen-bond acceptors (Lipinski definition) is 5. The smallest absolute Gasteiger partial charge is 0.241 e. The van der Waals surface area contributed by atoms with Crippen LogP contribution < -0.4 is 15.4 Å². The van der Waals surface area contributed by atoms with E-state index >= 15 is 0 Å². The second-order valence-corrected chi connectivity index (χ2v) is 11.0. The fourth-order valence-electron chi connectivity index (χ4n) is 3.93. The first-order valence-electron chi connectivity index (χ1n) is 10.5. The highest BCUT2D eigenvalue weighted by atomic mass is 32.2. The SMILES string of the molecule is CCNC(=NCC1(CCO)CCCCC1)NCCNS(=O)(=O)c1cc(C)sc1C. The van der Waals surface area contributed by atoms with Crippen molar-refractivity contribution in [3.63, 3.8) is 0 Å². The summed E-state index contributed by atoms with van der Waals surface area (Å²) in [5.74, 6) is 0.692. The van der Waals surface area contributed by atoms with E-state index in [2.05, 4.69) is 15.4 Å². The molecule has 29 heavy (non-hydrogen) atoms. The molecule has 0 aliphatic heterocycles. The fourth-order valence-corrected chi connectivity index (χ4v) is 6.52. The molecule has 0 unspecified atom stereocenters. The minimum Gasteiger partial charge on any atom is -0.396 e. The predicted molar refractivity (Wildman–Crippen MR) is 120 cm³/mol. The average molecular weight is 445 g/mol. The first-order valence-corrected chi connectivity index (χ1v) is 12.8. The number of hydrogen-bond donors (Lipinski definition) is 4. The summed E-state index contributed by atoms with van der Waals surface area (Å²) in [5.41, 5.74) is 0.0886. The number of nitrogens with one attached hydrogen (secondary N) is 3. The Morgan fingerprint density at radius 3 is 2.52 bits per heavy atom. The zero-order valence-corrected chi connectivity index (χ0v) is 19.5. The third-order valence-electron chi connectivity index (χ3n) is 5.47. The van der Waals surface area contributed by atoms with Crippen LogP contribution in [0.25, 0.3) is 0 Å². The highest BCUT2D eigenvalue weighted by Crippen LogP contribution is 2.39. The maximum Gasteiger partial charge on any atom is 0.241 e. The summed E-state index contributed by atoms with van der Waals surface area (Å²) in [7, 11) is -3.49. The van der Waals surface area contributed by atoms with Gasteiger partial charge in [0.2, 0.25) is 10.0 Å². The van der Waals surface area contributed by atoms with Gasteiger partial charge in [-0.3, -0.25) is 4.99 Å². The zero-order valence-electron chi connectivity index (χ0n) is 17.9. The normalized spacial score (nSPS) is 17.3. The summed E-state index contributed by atoms with van der Waals surface area (Å²) in [4.78, 5) is 6.90. The monoisotopic (exact) mass is 444 g/mol. The molecular formula is C20H36N4O3S2. The van der Waals surface area contributed by atoms with E-state index in [0.29, 0.717) is 23.9 Å². The average Bonchev–Trinajstić information content (AvgIpc) is 3.03. The van der Waals surface area contributed by atoms with Gasteiger partial charge in [-0.25, -0.2) is 13.1 Å². The molecule has 1 aliphatic carbocycles. The van der Waals surface area contributed by atoms with Gasteiger partial charge >= 0.3 is 0 Å². The summed E-state index contributed by atoms with van der Waals surface area (Å²) in [6.07, 6.45) is 6.66. The Labute approximate surface area is 179 Å². The Balaban J connectivity index is 1.90. The van der Waals surface area contributed by atoms with E-state index in [-0.39, 0.29) is 18.6 Å². The molecule has 0 radical (unpaired) electrons. The van der Waals surface area contributed by atoms with Gasteiger partial charge in [0.1, 0.15) is 0 Å². The van der Waals surface area contributed by atoms with Crippen molar-refractivity contribution < 1.29 is 13.5 Å². The van der Waals surface area contributed by atoms with Crippen LogP contribution in [0.2, 0.25) is 0 Å². The Hall–Kier alpha value is -1.16. The molecule has 1 fully saturated rings. The third kappa shape index (κ3) is 7.24. The van der Waals surface area contributed by atoms with Crippen molar-refractivity contribution >= 4 is 27.3 Å². The van der Waals surface area contributed by atoms with Crippen molar-refractivity contribution in [2.75, 3.05) is 32.8 Å². The predicted octanol–water partition coefficient (Wildman–Crippen LogP) is 2.53. The van der Waals surface area contributed by atoms with E-state index in [1.165, 1.54) is 30.6 Å². The van der Waals surface area contributed by atoms with Crippen molar-refractivity contribution in [2.24, 2.45) is 10.4 Å². The number of aliphatic hydroxyl groups is 1. The number of aliphatic imine (C=N–C) groups is 1. The van der Waals surface area contributed by atoms with Crippen LogP contribution in [-0.2, 0) is 10.0 Å². The summed E-state index contributed by atoms with van der Waals surface area (Å²) in [5, 5.41) is 15.9. The molecule has 4 N–H and O–H groups in total. The molecular weight excluding hydrogens is 408 g/mol. The van der Waals surface area contributed by atoms with Crippen LogP contribution in [0.3, 0.4) is 0 Å². The van der Waals surface area contributed by atoms with E-state index in [1.54, 1.807) is 6.07 Å². The lowest BCUT2D eigenvalue weighted by atomic mass is 9.72. The van der Waals surface area contributed by atoms with Gasteiger partial charge < -0.3 is 15.7 Å². The molecule has 0 saturated heterocycles. The molecule has 0 atom stereocenters. The fraction of sp³-hybridized carbons (Fsp3) is 0.750. The number of sulfonamides is 1. The molecule has 9 heteroatoms. The van der Waals surface area contributed by atoms with Crippen molar-refractivity contribution in [3.05, 3.63) is 15.8 Å². The number of aliphatic hydroxyl groups excluding tert-OH is 1. The molecule has 0 bridgehead atoms. The number of thiophene rings is 1. The van der Waals surface area contributed by atoms with Crippen LogP contribution in [0, 0.1) is 19.3 Å². The van der Waals surface area contributed by atoms with E-state index in [4.69, 9.17) is 4.99 Å². The van der Waals surface area contributed by atoms with Gasteiger partial charge in [0.25, 0.3) is 0 Å². The topological polar surface area (TPSA) is 103 Å². The van der Waals surface area contributed by atoms with Gasteiger partial charge in [0.05, 0.1) is 4.90 Å². The van der Waals surface area contributed by atoms with Gasteiger partial charge in [-0.15, -0.1) is 11.3 Å². The maximum absolute atomic E-state index is 12.5. The van der Waals surface area contributed by atoms with E-state index < -0.39 is 10.0 Å². The molecule has 0 amide bonds. The molecule has 1 aromatic heterocycles. The van der Waals surface area contributed by atoms with Crippen LogP contribution in [0.4, 0.5) is 0 Å². The molecule has 0 spiro atoms. The van der Waals surface area contributed by atoms with Gasteiger partial charge in [-0.05, 0) is 51.5 Å². The van der Waals surface area contributed by atoms with Crippen molar-refractivity contribution in [3.8, 4) is 0 Å². The Kier molecular flexibility index (Phi) is 9.39. The van der Waals surface area contributed by atoms with Crippen LogP contribution in [0.5, 0.6) is 0 Å². The zero-order chi connectivity index (χ0) is 21.3. The lowest BCUT2D eigenvalue weighted by molar-refractivity contribution is 0.137. The number of nitrogens with zero attached hydrogens (tertiary/aromatic N) is 1. The van der Waals surface area contributed by atoms with Crippen molar-refractivity contribution in [2.45, 2.75) is 64.2 Å². The quantitative estimate of drug-likeness (QED) is 0.252. The Morgan fingerprint density at radius 2 is 1.93 bits per heavy atom. The lowest BCUT2D eigenvalue weighted by Gasteiger charge is -2.35. The number of aryl methyl sites for hydroxylation is 2. The highest BCUT2D eigenvalue weighted by molar-refractivity contribution is 7.89. The molecule has 1 saturated carbocycles. The molecule has 1 aliphatic rings. The largest absolute Gasteiger partial charge is 0.396 e. The summed E-state index contributed by atoms with van der Waals surface area (Å²) in [6, 6.07) is 1.71. The van der Waals surface area contributed by atoms with Gasteiger partial charge in [0, 0.05) is 42.5 Å². The number of rotatable bonds is 10. The second kappa shape index (κ2) is 11.3. The van der Waals surface area contributed by atoms with Gasteiger partial charge in [-0.2, -0.15) is 0 Å². The van der Waals surface area contributed by atoms with Gasteiger partial charge in [0.15, 0.2) is 5.96 Å². The summed E-state index contributed by atoms with van der Waals surface area (Å²) in [6.45, 7) is 8.08. The maximum atomic E-state index is 12.5. The summed E-state index contributed by atoms with van der Waals surface area (Å²) < 4.78 is 27.6. The second-order valence-electron chi connectivity index (χ2n) is 7.83. The first kappa shape index (κ1) is 24.1. The van der Waals surface area contributed by atoms with E-state index in [9.17, 15) is 13.5 Å².